The molecule has 21 heavy (non-hydrogen) atoms. The van der Waals surface area contributed by atoms with E-state index in [0.717, 1.165) is 28.4 Å². The van der Waals surface area contributed by atoms with E-state index in [2.05, 4.69) is 19.5 Å². The first-order valence-electron chi connectivity index (χ1n) is 6.67. The second-order valence-corrected chi connectivity index (χ2v) is 5.54. The fourth-order valence-corrected chi connectivity index (χ4v) is 2.75. The zero-order chi connectivity index (χ0) is 14.8. The lowest BCUT2D eigenvalue weighted by Gasteiger charge is -2.08. The van der Waals surface area contributed by atoms with Gasteiger partial charge in [-0.1, -0.05) is 17.7 Å². The summed E-state index contributed by atoms with van der Waals surface area (Å²) in [7, 11) is 0. The van der Waals surface area contributed by atoms with Crippen LogP contribution in [-0.2, 0) is 13.0 Å². The van der Waals surface area contributed by atoms with Crippen molar-refractivity contribution < 1.29 is 0 Å². The SMILES string of the molecule is Cc1nccc(Cn2c(CCCl)nc3c(Cl)cccc32)n1. The van der Waals surface area contributed by atoms with Crippen molar-refractivity contribution >= 4 is 34.2 Å². The Kier molecular flexibility index (Phi) is 4.08. The topological polar surface area (TPSA) is 43.6 Å². The molecule has 0 saturated carbocycles. The van der Waals surface area contributed by atoms with E-state index in [-0.39, 0.29) is 0 Å². The van der Waals surface area contributed by atoms with Crippen molar-refractivity contribution in [3.63, 3.8) is 0 Å². The molecule has 0 aliphatic carbocycles. The molecule has 0 bridgehead atoms. The molecule has 0 N–H and O–H groups in total. The highest BCUT2D eigenvalue weighted by Gasteiger charge is 2.13. The van der Waals surface area contributed by atoms with E-state index >= 15 is 0 Å². The molecular weight excluding hydrogens is 307 g/mol. The number of nitrogens with zero attached hydrogens (tertiary/aromatic N) is 4. The van der Waals surface area contributed by atoms with Gasteiger partial charge in [0.15, 0.2) is 0 Å². The van der Waals surface area contributed by atoms with Crippen LogP contribution < -0.4 is 0 Å². The molecule has 0 saturated heterocycles. The van der Waals surface area contributed by atoms with Gasteiger partial charge in [0.2, 0.25) is 0 Å². The van der Waals surface area contributed by atoms with Crippen molar-refractivity contribution in [2.24, 2.45) is 0 Å². The Labute approximate surface area is 132 Å². The van der Waals surface area contributed by atoms with E-state index in [0.29, 0.717) is 23.9 Å². The van der Waals surface area contributed by atoms with Crippen molar-refractivity contribution in [3.05, 3.63) is 52.8 Å². The van der Waals surface area contributed by atoms with Crippen molar-refractivity contribution in [1.82, 2.24) is 19.5 Å². The molecule has 108 valence electrons. The molecule has 0 unspecified atom stereocenters. The molecule has 6 heteroatoms. The van der Waals surface area contributed by atoms with Crippen LogP contribution in [0.4, 0.5) is 0 Å². The van der Waals surface area contributed by atoms with E-state index < -0.39 is 0 Å². The summed E-state index contributed by atoms with van der Waals surface area (Å²) in [6.07, 6.45) is 2.46. The largest absolute Gasteiger partial charge is 0.322 e. The molecule has 4 nitrogen and oxygen atoms in total. The number of para-hydroxylation sites is 1. The van der Waals surface area contributed by atoms with Crippen molar-refractivity contribution in [1.29, 1.82) is 0 Å². The van der Waals surface area contributed by atoms with Crippen LogP contribution in [0.15, 0.2) is 30.5 Å². The minimum Gasteiger partial charge on any atom is -0.322 e. The first kappa shape index (κ1) is 14.3. The van der Waals surface area contributed by atoms with Gasteiger partial charge in [-0.15, -0.1) is 11.6 Å². The van der Waals surface area contributed by atoms with Gasteiger partial charge >= 0.3 is 0 Å². The average molecular weight is 321 g/mol. The number of fused-ring (bicyclic) bond motifs is 1. The summed E-state index contributed by atoms with van der Waals surface area (Å²) in [5.41, 5.74) is 2.75. The first-order chi connectivity index (χ1) is 10.2. The third-order valence-corrected chi connectivity index (χ3v) is 3.77. The summed E-state index contributed by atoms with van der Waals surface area (Å²) < 4.78 is 2.12. The van der Waals surface area contributed by atoms with Crippen LogP contribution in [-0.4, -0.2) is 25.4 Å². The summed E-state index contributed by atoms with van der Waals surface area (Å²) >= 11 is 12.1. The van der Waals surface area contributed by atoms with Crippen molar-refractivity contribution in [2.75, 3.05) is 5.88 Å². The average Bonchev–Trinajstić information content (AvgIpc) is 2.79. The fraction of sp³-hybridized carbons (Fsp3) is 0.267. The maximum absolute atomic E-state index is 6.24. The molecule has 0 radical (unpaired) electrons. The Hall–Kier alpha value is -1.65. The Bertz CT molecular complexity index is 782. The lowest BCUT2D eigenvalue weighted by atomic mass is 10.3. The molecule has 0 amide bonds. The van der Waals surface area contributed by atoms with E-state index in [1.807, 2.05) is 31.2 Å². The molecule has 2 aromatic heterocycles. The number of hydrogen-bond acceptors (Lipinski definition) is 3. The molecule has 3 aromatic rings. The predicted molar refractivity (Wildman–Crippen MR) is 85.0 cm³/mol. The minimum absolute atomic E-state index is 0.518. The Balaban J connectivity index is 2.11. The Morgan fingerprint density at radius 2 is 2.05 bits per heavy atom. The first-order valence-corrected chi connectivity index (χ1v) is 7.58. The van der Waals surface area contributed by atoms with Crippen LogP contribution in [0.25, 0.3) is 11.0 Å². The normalized spacial score (nSPS) is 11.2. The molecule has 0 fully saturated rings. The van der Waals surface area contributed by atoms with Crippen LogP contribution in [0, 0.1) is 6.92 Å². The van der Waals surface area contributed by atoms with Gasteiger partial charge < -0.3 is 4.57 Å². The van der Waals surface area contributed by atoms with Crippen molar-refractivity contribution in [3.8, 4) is 0 Å². The minimum atomic E-state index is 0.518. The summed E-state index contributed by atoms with van der Waals surface area (Å²) in [4.78, 5) is 13.2. The standard InChI is InChI=1S/C15H14Cl2N4/c1-10-18-8-6-11(19-10)9-21-13-4-2-3-12(17)15(13)20-14(21)5-7-16/h2-4,6,8H,5,7,9H2,1H3. The van der Waals surface area contributed by atoms with E-state index in [4.69, 9.17) is 23.2 Å². The second-order valence-electron chi connectivity index (χ2n) is 4.76. The van der Waals surface area contributed by atoms with E-state index in [9.17, 15) is 0 Å². The maximum atomic E-state index is 6.24. The third-order valence-electron chi connectivity index (χ3n) is 3.28. The summed E-state index contributed by atoms with van der Waals surface area (Å²) in [6.45, 7) is 2.51. The monoisotopic (exact) mass is 320 g/mol. The van der Waals surface area contributed by atoms with Gasteiger partial charge in [-0.2, -0.15) is 0 Å². The highest BCUT2D eigenvalue weighted by atomic mass is 35.5. The van der Waals surface area contributed by atoms with Crippen LogP contribution >= 0.6 is 23.2 Å². The van der Waals surface area contributed by atoms with Gasteiger partial charge in [-0.05, 0) is 25.1 Å². The Morgan fingerprint density at radius 1 is 1.19 bits per heavy atom. The molecular formula is C15H14Cl2N4. The number of alkyl halides is 1. The molecule has 3 rings (SSSR count). The van der Waals surface area contributed by atoms with Gasteiger partial charge in [0.1, 0.15) is 17.2 Å². The van der Waals surface area contributed by atoms with E-state index in [1.165, 1.54) is 0 Å². The highest BCUT2D eigenvalue weighted by Crippen LogP contribution is 2.25. The Morgan fingerprint density at radius 3 is 2.81 bits per heavy atom. The molecule has 0 aliphatic heterocycles. The molecule has 0 spiro atoms. The zero-order valence-electron chi connectivity index (χ0n) is 11.6. The number of aromatic nitrogens is 4. The number of halogens is 2. The molecule has 0 aliphatic rings. The number of benzene rings is 1. The number of imidazole rings is 1. The smallest absolute Gasteiger partial charge is 0.125 e. The number of aryl methyl sites for hydroxylation is 2. The molecule has 2 heterocycles. The summed E-state index contributed by atoms with van der Waals surface area (Å²) in [6, 6.07) is 7.70. The molecule has 0 atom stereocenters. The van der Waals surface area contributed by atoms with Crippen LogP contribution in [0.5, 0.6) is 0 Å². The summed E-state index contributed by atoms with van der Waals surface area (Å²) in [5.74, 6) is 2.20. The number of hydrogen-bond donors (Lipinski definition) is 0. The molecule has 1 aromatic carbocycles. The van der Waals surface area contributed by atoms with Crippen LogP contribution in [0.3, 0.4) is 0 Å². The van der Waals surface area contributed by atoms with Gasteiger partial charge in [0.05, 0.1) is 22.8 Å². The van der Waals surface area contributed by atoms with Crippen molar-refractivity contribution in [2.45, 2.75) is 19.9 Å². The second kappa shape index (κ2) is 6.00. The lowest BCUT2D eigenvalue weighted by molar-refractivity contribution is 0.731. The van der Waals surface area contributed by atoms with Gasteiger partial charge in [0.25, 0.3) is 0 Å². The van der Waals surface area contributed by atoms with Gasteiger partial charge in [0, 0.05) is 18.5 Å². The van der Waals surface area contributed by atoms with E-state index in [1.54, 1.807) is 6.20 Å². The quantitative estimate of drug-likeness (QED) is 0.689. The number of rotatable bonds is 4. The lowest BCUT2D eigenvalue weighted by Crippen LogP contribution is -2.08. The summed E-state index contributed by atoms with van der Waals surface area (Å²) in [5, 5.41) is 0.654. The highest BCUT2D eigenvalue weighted by molar-refractivity contribution is 6.34. The van der Waals surface area contributed by atoms with Gasteiger partial charge in [-0.25, -0.2) is 15.0 Å². The fourth-order valence-electron chi connectivity index (χ4n) is 2.37. The third kappa shape index (κ3) is 2.87. The van der Waals surface area contributed by atoms with Crippen LogP contribution in [0.1, 0.15) is 17.3 Å². The van der Waals surface area contributed by atoms with Crippen LogP contribution in [0.2, 0.25) is 5.02 Å². The predicted octanol–water partition coefficient (Wildman–Crippen LogP) is 3.62. The maximum Gasteiger partial charge on any atom is 0.125 e. The van der Waals surface area contributed by atoms with Gasteiger partial charge in [-0.3, -0.25) is 0 Å². The zero-order valence-corrected chi connectivity index (χ0v) is 13.1.